The van der Waals surface area contributed by atoms with Crippen molar-refractivity contribution >= 4 is 0 Å². The van der Waals surface area contributed by atoms with Crippen molar-refractivity contribution in [3.05, 3.63) is 0 Å². The molecule has 1 saturated heterocycles. The van der Waals surface area contributed by atoms with Gasteiger partial charge in [-0.1, -0.05) is 13.8 Å². The molecule has 1 aliphatic heterocycles. The third kappa shape index (κ3) is 6.21. The Morgan fingerprint density at radius 3 is 2.47 bits per heavy atom. The summed E-state index contributed by atoms with van der Waals surface area (Å²) in [7, 11) is 4.22. The third-order valence-corrected chi connectivity index (χ3v) is 3.79. The summed E-state index contributed by atoms with van der Waals surface area (Å²) in [4.78, 5) is 4.71. The highest BCUT2D eigenvalue weighted by Gasteiger charge is 2.34. The summed E-state index contributed by atoms with van der Waals surface area (Å²) in [5.74, 6) is 0.655. The lowest BCUT2D eigenvalue weighted by atomic mass is 9.82. The zero-order chi connectivity index (χ0) is 14.3. The fourth-order valence-corrected chi connectivity index (χ4v) is 2.78. The van der Waals surface area contributed by atoms with Gasteiger partial charge in [-0.15, -0.1) is 0 Å². The van der Waals surface area contributed by atoms with Crippen molar-refractivity contribution in [2.75, 3.05) is 60.1 Å². The quantitative estimate of drug-likeness (QED) is 0.722. The van der Waals surface area contributed by atoms with E-state index in [2.05, 4.69) is 37.7 Å². The Hall–Kier alpha value is -0.160. The van der Waals surface area contributed by atoms with Gasteiger partial charge in [-0.25, -0.2) is 0 Å². The van der Waals surface area contributed by atoms with E-state index >= 15 is 0 Å². The summed E-state index contributed by atoms with van der Waals surface area (Å²) < 4.78 is 5.61. The maximum Gasteiger partial charge on any atom is 0.0556 e. The molecule has 1 aliphatic rings. The van der Waals surface area contributed by atoms with Gasteiger partial charge in [-0.05, 0) is 32.9 Å². The van der Waals surface area contributed by atoms with Crippen molar-refractivity contribution in [1.82, 2.24) is 9.80 Å². The van der Waals surface area contributed by atoms with Gasteiger partial charge >= 0.3 is 0 Å². The molecule has 0 saturated carbocycles. The molecule has 0 amide bonds. The Kier molecular flexibility index (Phi) is 7.29. The topological polar surface area (TPSA) is 35.9 Å². The van der Waals surface area contributed by atoms with Crippen molar-refractivity contribution in [2.45, 2.75) is 26.7 Å². The van der Waals surface area contributed by atoms with Crippen LogP contribution in [0.25, 0.3) is 0 Å². The average Bonchev–Trinajstić information content (AvgIpc) is 2.36. The molecule has 1 fully saturated rings. The molecule has 1 rings (SSSR count). The van der Waals surface area contributed by atoms with Crippen molar-refractivity contribution in [3.8, 4) is 0 Å². The highest BCUT2D eigenvalue weighted by atomic mass is 16.5. The van der Waals surface area contributed by atoms with E-state index in [-0.39, 0.29) is 12.0 Å². The molecule has 0 spiro atoms. The first kappa shape index (κ1) is 16.9. The fraction of sp³-hybridized carbons (Fsp3) is 1.00. The molecule has 4 nitrogen and oxygen atoms in total. The predicted octanol–water partition coefficient (Wildman–Crippen LogP) is 1.30. The first-order valence-corrected chi connectivity index (χ1v) is 7.53. The van der Waals surface area contributed by atoms with Crippen LogP contribution < -0.4 is 0 Å². The molecule has 0 aromatic heterocycles. The van der Waals surface area contributed by atoms with E-state index in [1.54, 1.807) is 0 Å². The fourth-order valence-electron chi connectivity index (χ4n) is 2.78. The van der Waals surface area contributed by atoms with Gasteiger partial charge in [-0.3, -0.25) is 0 Å². The van der Waals surface area contributed by atoms with Gasteiger partial charge in [0, 0.05) is 38.2 Å². The molecule has 0 bridgehead atoms. The first-order chi connectivity index (χ1) is 8.97. The first-order valence-electron chi connectivity index (χ1n) is 7.53. The molecule has 1 heterocycles. The number of nitrogens with zero attached hydrogens (tertiary/aromatic N) is 2. The molecule has 1 unspecified atom stereocenters. The number of ether oxygens (including phenoxy) is 1. The van der Waals surface area contributed by atoms with E-state index in [0.717, 1.165) is 45.6 Å². The molecule has 1 atom stereocenters. The maximum atomic E-state index is 9.78. The van der Waals surface area contributed by atoms with Gasteiger partial charge in [0.05, 0.1) is 13.2 Å². The smallest absolute Gasteiger partial charge is 0.0556 e. The van der Waals surface area contributed by atoms with Crippen LogP contribution in [-0.2, 0) is 4.74 Å². The molecule has 0 radical (unpaired) electrons. The number of hydrogen-bond donors (Lipinski definition) is 1. The van der Waals surface area contributed by atoms with E-state index in [4.69, 9.17) is 4.74 Å². The average molecular weight is 272 g/mol. The highest BCUT2D eigenvalue weighted by molar-refractivity contribution is 4.85. The van der Waals surface area contributed by atoms with Crippen molar-refractivity contribution in [3.63, 3.8) is 0 Å². The van der Waals surface area contributed by atoms with Gasteiger partial charge in [0.2, 0.25) is 0 Å². The van der Waals surface area contributed by atoms with Gasteiger partial charge in [0.1, 0.15) is 0 Å². The van der Waals surface area contributed by atoms with Gasteiger partial charge < -0.3 is 19.6 Å². The Labute approximate surface area is 118 Å². The van der Waals surface area contributed by atoms with E-state index in [0.29, 0.717) is 12.5 Å². The number of hydrogen-bond acceptors (Lipinski definition) is 4. The summed E-state index contributed by atoms with van der Waals surface area (Å²) in [6.45, 7) is 10.5. The molecule has 0 aromatic carbocycles. The summed E-state index contributed by atoms with van der Waals surface area (Å²) in [6, 6.07) is 0. The second kappa shape index (κ2) is 8.20. The lowest BCUT2D eigenvalue weighted by molar-refractivity contribution is -0.0569. The summed E-state index contributed by atoms with van der Waals surface area (Å²) in [5, 5.41) is 9.78. The maximum absolute atomic E-state index is 9.78. The zero-order valence-corrected chi connectivity index (χ0v) is 13.2. The van der Waals surface area contributed by atoms with Gasteiger partial charge in [-0.2, -0.15) is 0 Å². The lowest BCUT2D eigenvalue weighted by Gasteiger charge is -2.40. The number of aliphatic hydroxyl groups excluding tert-OH is 1. The second-order valence-corrected chi connectivity index (χ2v) is 6.75. The van der Waals surface area contributed by atoms with Crippen LogP contribution >= 0.6 is 0 Å². The van der Waals surface area contributed by atoms with E-state index < -0.39 is 0 Å². The monoisotopic (exact) mass is 272 g/mol. The molecular formula is C15H32N2O2. The van der Waals surface area contributed by atoms with E-state index in [9.17, 15) is 5.11 Å². The van der Waals surface area contributed by atoms with E-state index in [1.807, 2.05) is 0 Å². The van der Waals surface area contributed by atoms with Crippen LogP contribution in [0, 0.1) is 11.3 Å². The molecular weight excluding hydrogens is 240 g/mol. The van der Waals surface area contributed by atoms with Crippen molar-refractivity contribution in [2.24, 2.45) is 11.3 Å². The zero-order valence-electron chi connectivity index (χ0n) is 13.2. The summed E-state index contributed by atoms with van der Waals surface area (Å²) >= 11 is 0. The van der Waals surface area contributed by atoms with Crippen LogP contribution in [-0.4, -0.2) is 75.0 Å². The molecule has 114 valence electrons. The number of aliphatic hydroxyl groups is 1. The van der Waals surface area contributed by atoms with Crippen LogP contribution in [0.1, 0.15) is 26.7 Å². The molecule has 1 N–H and O–H groups in total. The van der Waals surface area contributed by atoms with Crippen molar-refractivity contribution in [1.29, 1.82) is 0 Å². The van der Waals surface area contributed by atoms with Crippen molar-refractivity contribution < 1.29 is 9.84 Å². The van der Waals surface area contributed by atoms with Crippen LogP contribution in [0.5, 0.6) is 0 Å². The van der Waals surface area contributed by atoms with E-state index in [1.165, 1.54) is 0 Å². The Balaban J connectivity index is 2.57. The summed E-state index contributed by atoms with van der Waals surface area (Å²) in [5.41, 5.74) is -0.0422. The largest absolute Gasteiger partial charge is 0.396 e. The van der Waals surface area contributed by atoms with Crippen LogP contribution in [0.15, 0.2) is 0 Å². The second-order valence-electron chi connectivity index (χ2n) is 6.75. The molecule has 0 aliphatic carbocycles. The molecule has 19 heavy (non-hydrogen) atoms. The van der Waals surface area contributed by atoms with Crippen LogP contribution in [0.2, 0.25) is 0 Å². The SMILES string of the molecule is CC(C)CN(CCN(C)C)CC1(CO)CCCOC1. The molecule has 0 aromatic rings. The minimum absolute atomic E-state index is 0.0422. The Morgan fingerprint density at radius 2 is 2.00 bits per heavy atom. The Bertz CT molecular complexity index is 238. The minimum atomic E-state index is -0.0422. The van der Waals surface area contributed by atoms with Gasteiger partial charge in [0.25, 0.3) is 0 Å². The van der Waals surface area contributed by atoms with Gasteiger partial charge in [0.15, 0.2) is 0 Å². The van der Waals surface area contributed by atoms with Crippen LogP contribution in [0.3, 0.4) is 0 Å². The third-order valence-electron chi connectivity index (χ3n) is 3.79. The number of likely N-dealkylation sites (N-methyl/N-ethyl adjacent to an activating group) is 1. The molecule has 4 heteroatoms. The minimum Gasteiger partial charge on any atom is -0.396 e. The highest BCUT2D eigenvalue weighted by Crippen LogP contribution is 2.29. The number of rotatable bonds is 8. The lowest BCUT2D eigenvalue weighted by Crippen LogP contribution is -2.48. The summed E-state index contributed by atoms with van der Waals surface area (Å²) in [6.07, 6.45) is 2.16. The normalized spacial score (nSPS) is 24.6. The Morgan fingerprint density at radius 1 is 1.26 bits per heavy atom. The predicted molar refractivity (Wildman–Crippen MR) is 79.4 cm³/mol. The van der Waals surface area contributed by atoms with Crippen LogP contribution in [0.4, 0.5) is 0 Å². The standard InChI is InChI=1S/C15H32N2O2/c1-14(2)10-17(8-7-16(3)4)11-15(12-18)6-5-9-19-13-15/h14,18H,5-13H2,1-4H3.